The van der Waals surface area contributed by atoms with E-state index in [0.717, 1.165) is 17.9 Å². The van der Waals surface area contributed by atoms with Crippen LogP contribution < -0.4 is 5.73 Å². The Bertz CT molecular complexity index is 180. The van der Waals surface area contributed by atoms with E-state index in [-0.39, 0.29) is 12.0 Å². The fourth-order valence-corrected chi connectivity index (χ4v) is 1.34. The van der Waals surface area contributed by atoms with E-state index >= 15 is 0 Å². The molecule has 1 heterocycles. The maximum atomic E-state index is 11.5. The highest BCUT2D eigenvalue weighted by Crippen LogP contribution is 2.15. The van der Waals surface area contributed by atoms with E-state index in [2.05, 4.69) is 0 Å². The van der Waals surface area contributed by atoms with Crippen molar-refractivity contribution >= 4 is 5.91 Å². The lowest BCUT2D eigenvalue weighted by Gasteiger charge is -2.22. The molecule has 5 heteroatoms. The van der Waals surface area contributed by atoms with Crippen LogP contribution >= 0.6 is 0 Å². The van der Waals surface area contributed by atoms with Crippen molar-refractivity contribution < 1.29 is 14.4 Å². The average molecular weight is 188 g/mol. The van der Waals surface area contributed by atoms with Crippen molar-refractivity contribution in [3.8, 4) is 0 Å². The van der Waals surface area contributed by atoms with Gasteiger partial charge in [0.25, 0.3) is 5.91 Å². The maximum Gasteiger partial charge on any atom is 0.265 e. The molecule has 2 unspecified atom stereocenters. The summed E-state index contributed by atoms with van der Waals surface area (Å²) >= 11 is 0. The number of carbonyl (C=O) groups excluding carboxylic acids is 1. The zero-order valence-corrected chi connectivity index (χ0v) is 8.03. The molecule has 0 saturated carbocycles. The summed E-state index contributed by atoms with van der Waals surface area (Å²) in [5.41, 5.74) is 5.70. The summed E-state index contributed by atoms with van der Waals surface area (Å²) in [4.78, 5) is 16.2. The second-order valence-corrected chi connectivity index (χ2v) is 3.10. The summed E-state index contributed by atoms with van der Waals surface area (Å²) in [5.74, 6) is -0.241. The van der Waals surface area contributed by atoms with Gasteiger partial charge in [0.15, 0.2) is 0 Å². The van der Waals surface area contributed by atoms with E-state index in [1.165, 1.54) is 14.2 Å². The van der Waals surface area contributed by atoms with Gasteiger partial charge in [-0.25, -0.2) is 5.06 Å². The lowest BCUT2D eigenvalue weighted by Crippen LogP contribution is -2.48. The fourth-order valence-electron chi connectivity index (χ4n) is 1.34. The summed E-state index contributed by atoms with van der Waals surface area (Å²) in [7, 11) is 2.97. The van der Waals surface area contributed by atoms with Crippen molar-refractivity contribution in [3.63, 3.8) is 0 Å². The topological polar surface area (TPSA) is 64.8 Å². The Balaban J connectivity index is 2.45. The zero-order valence-electron chi connectivity index (χ0n) is 8.03. The highest BCUT2D eigenvalue weighted by molar-refractivity contribution is 5.81. The van der Waals surface area contributed by atoms with Crippen LogP contribution in [0.25, 0.3) is 0 Å². The molecule has 1 aliphatic rings. The van der Waals surface area contributed by atoms with Gasteiger partial charge in [0.1, 0.15) is 6.04 Å². The number of carbonyl (C=O) groups is 1. The standard InChI is InChI=1S/C8H16N2O3/c1-10(12-2)8(11)7(9)6-4-3-5-13-6/h6-7H,3-5,9H2,1-2H3. The van der Waals surface area contributed by atoms with Gasteiger partial charge in [0.2, 0.25) is 0 Å². The van der Waals surface area contributed by atoms with Gasteiger partial charge in [-0.05, 0) is 12.8 Å². The molecule has 1 rings (SSSR count). The quantitative estimate of drug-likeness (QED) is 0.607. The first-order valence-corrected chi connectivity index (χ1v) is 4.35. The lowest BCUT2D eigenvalue weighted by atomic mass is 10.1. The Morgan fingerprint density at radius 1 is 1.77 bits per heavy atom. The number of hydrogen-bond acceptors (Lipinski definition) is 4. The average Bonchev–Trinajstić information content (AvgIpc) is 2.67. The van der Waals surface area contributed by atoms with Gasteiger partial charge in [0, 0.05) is 13.7 Å². The summed E-state index contributed by atoms with van der Waals surface area (Å²) < 4.78 is 5.30. The van der Waals surface area contributed by atoms with Crippen molar-refractivity contribution in [2.45, 2.75) is 25.0 Å². The van der Waals surface area contributed by atoms with E-state index < -0.39 is 6.04 Å². The Morgan fingerprint density at radius 3 is 2.92 bits per heavy atom. The highest BCUT2D eigenvalue weighted by atomic mass is 16.7. The van der Waals surface area contributed by atoms with Crippen molar-refractivity contribution in [1.29, 1.82) is 0 Å². The first kappa shape index (κ1) is 10.4. The molecule has 0 bridgehead atoms. The number of hydrogen-bond donors (Lipinski definition) is 1. The fraction of sp³-hybridized carbons (Fsp3) is 0.875. The van der Waals surface area contributed by atoms with Crippen LogP contribution in [-0.2, 0) is 14.4 Å². The minimum atomic E-state index is -0.604. The first-order valence-electron chi connectivity index (χ1n) is 4.35. The number of amides is 1. The molecule has 1 aliphatic heterocycles. The highest BCUT2D eigenvalue weighted by Gasteiger charge is 2.30. The van der Waals surface area contributed by atoms with Crippen LogP contribution in [-0.4, -0.2) is 43.9 Å². The molecule has 76 valence electrons. The Labute approximate surface area is 77.7 Å². The van der Waals surface area contributed by atoms with Gasteiger partial charge in [-0.3, -0.25) is 9.63 Å². The van der Waals surface area contributed by atoms with Gasteiger partial charge in [0.05, 0.1) is 13.2 Å². The Kier molecular flexibility index (Phi) is 3.65. The Hall–Kier alpha value is -0.650. The van der Waals surface area contributed by atoms with Crippen LogP contribution in [0.3, 0.4) is 0 Å². The molecule has 0 aromatic heterocycles. The summed E-state index contributed by atoms with van der Waals surface area (Å²) in [6, 6.07) is -0.604. The van der Waals surface area contributed by atoms with Gasteiger partial charge in [-0.1, -0.05) is 0 Å². The van der Waals surface area contributed by atoms with Crippen LogP contribution in [0, 0.1) is 0 Å². The number of hydroxylamine groups is 2. The number of nitrogens with zero attached hydrogens (tertiary/aromatic N) is 1. The van der Waals surface area contributed by atoms with Crippen LogP contribution in [0.15, 0.2) is 0 Å². The van der Waals surface area contributed by atoms with E-state index in [1.807, 2.05) is 0 Å². The summed E-state index contributed by atoms with van der Waals surface area (Å²) in [6.45, 7) is 0.697. The van der Waals surface area contributed by atoms with Crippen molar-refractivity contribution in [2.75, 3.05) is 20.8 Å². The summed E-state index contributed by atoms with van der Waals surface area (Å²) in [6.07, 6.45) is 1.68. The third-order valence-electron chi connectivity index (χ3n) is 2.23. The van der Waals surface area contributed by atoms with Gasteiger partial charge in [-0.15, -0.1) is 0 Å². The second kappa shape index (κ2) is 4.55. The number of rotatable bonds is 3. The molecule has 1 fully saturated rings. The molecule has 0 aromatic carbocycles. The van der Waals surface area contributed by atoms with E-state index in [9.17, 15) is 4.79 Å². The van der Waals surface area contributed by atoms with Gasteiger partial charge >= 0.3 is 0 Å². The molecular weight excluding hydrogens is 172 g/mol. The normalized spacial score (nSPS) is 24.4. The minimum absolute atomic E-state index is 0.148. The maximum absolute atomic E-state index is 11.5. The molecule has 0 aliphatic carbocycles. The van der Waals surface area contributed by atoms with Crippen molar-refractivity contribution in [3.05, 3.63) is 0 Å². The number of ether oxygens (including phenoxy) is 1. The molecule has 0 radical (unpaired) electrons. The molecule has 0 spiro atoms. The number of nitrogens with two attached hydrogens (primary N) is 1. The molecule has 13 heavy (non-hydrogen) atoms. The van der Waals surface area contributed by atoms with Gasteiger partial charge < -0.3 is 10.5 Å². The predicted octanol–water partition coefficient (Wildman–Crippen LogP) is -0.487. The van der Waals surface area contributed by atoms with E-state index in [0.29, 0.717) is 6.61 Å². The second-order valence-electron chi connectivity index (χ2n) is 3.10. The SMILES string of the molecule is CON(C)C(=O)C(N)C1CCCO1. The Morgan fingerprint density at radius 2 is 2.46 bits per heavy atom. The number of likely N-dealkylation sites (N-methyl/N-ethyl adjacent to an activating group) is 1. The van der Waals surface area contributed by atoms with Crippen LogP contribution in [0.2, 0.25) is 0 Å². The molecule has 5 nitrogen and oxygen atoms in total. The summed E-state index contributed by atoms with van der Waals surface area (Å²) in [5, 5.41) is 1.13. The molecular formula is C8H16N2O3. The lowest BCUT2D eigenvalue weighted by molar-refractivity contribution is -0.172. The zero-order chi connectivity index (χ0) is 9.84. The minimum Gasteiger partial charge on any atom is -0.376 e. The monoisotopic (exact) mass is 188 g/mol. The van der Waals surface area contributed by atoms with Crippen molar-refractivity contribution in [2.24, 2.45) is 5.73 Å². The van der Waals surface area contributed by atoms with Crippen LogP contribution in [0.1, 0.15) is 12.8 Å². The largest absolute Gasteiger partial charge is 0.376 e. The third-order valence-corrected chi connectivity index (χ3v) is 2.23. The van der Waals surface area contributed by atoms with E-state index in [1.54, 1.807) is 0 Å². The van der Waals surface area contributed by atoms with Crippen LogP contribution in [0.4, 0.5) is 0 Å². The molecule has 2 atom stereocenters. The predicted molar refractivity (Wildman–Crippen MR) is 46.7 cm³/mol. The molecule has 1 saturated heterocycles. The van der Waals surface area contributed by atoms with E-state index in [4.69, 9.17) is 15.3 Å². The molecule has 2 N–H and O–H groups in total. The van der Waals surface area contributed by atoms with Crippen molar-refractivity contribution in [1.82, 2.24) is 5.06 Å². The van der Waals surface area contributed by atoms with Crippen LogP contribution in [0.5, 0.6) is 0 Å². The molecule has 0 aromatic rings. The van der Waals surface area contributed by atoms with Gasteiger partial charge in [-0.2, -0.15) is 0 Å². The molecule has 1 amide bonds. The smallest absolute Gasteiger partial charge is 0.265 e. The first-order chi connectivity index (χ1) is 6.16. The third kappa shape index (κ3) is 2.40.